The van der Waals surface area contributed by atoms with Crippen LogP contribution in [-0.2, 0) is 11.3 Å². The van der Waals surface area contributed by atoms with Gasteiger partial charge in [0, 0.05) is 24.7 Å². The molecule has 1 aliphatic heterocycles. The molecule has 1 saturated heterocycles. The summed E-state index contributed by atoms with van der Waals surface area (Å²) in [7, 11) is 0. The Bertz CT molecular complexity index is 428. The molecule has 0 spiro atoms. The molecule has 1 aromatic rings. The van der Waals surface area contributed by atoms with Crippen LogP contribution in [0.1, 0.15) is 18.4 Å². The van der Waals surface area contributed by atoms with Crippen molar-refractivity contribution in [2.45, 2.75) is 20.4 Å². The number of aromatic nitrogens is 1. The number of hydrogen-bond donors (Lipinski definition) is 2. The van der Waals surface area contributed by atoms with Crippen molar-refractivity contribution in [2.75, 3.05) is 13.1 Å². The molecular formula is C11H15N3O2. The van der Waals surface area contributed by atoms with Gasteiger partial charge >= 0.3 is 0 Å². The van der Waals surface area contributed by atoms with Gasteiger partial charge in [-0.1, -0.05) is 5.16 Å². The zero-order chi connectivity index (χ0) is 11.5. The molecule has 5 heteroatoms. The monoisotopic (exact) mass is 221 g/mol. The third-order valence-electron chi connectivity index (χ3n) is 2.65. The van der Waals surface area contributed by atoms with E-state index in [2.05, 4.69) is 15.8 Å². The molecule has 1 amide bonds. The Morgan fingerprint density at radius 1 is 1.62 bits per heavy atom. The fraction of sp³-hybridized carbons (Fsp3) is 0.455. The molecule has 0 aromatic carbocycles. The molecule has 0 atom stereocenters. The van der Waals surface area contributed by atoms with Gasteiger partial charge < -0.3 is 15.2 Å². The summed E-state index contributed by atoms with van der Waals surface area (Å²) in [6.45, 7) is 5.72. The van der Waals surface area contributed by atoms with Gasteiger partial charge in [-0.05, 0) is 19.4 Å². The lowest BCUT2D eigenvalue weighted by molar-refractivity contribution is -0.117. The van der Waals surface area contributed by atoms with Gasteiger partial charge in [-0.25, -0.2) is 0 Å². The van der Waals surface area contributed by atoms with E-state index >= 15 is 0 Å². The fourth-order valence-corrected chi connectivity index (χ4v) is 1.48. The first-order valence-electron chi connectivity index (χ1n) is 5.26. The van der Waals surface area contributed by atoms with E-state index in [4.69, 9.17) is 4.52 Å². The van der Waals surface area contributed by atoms with E-state index in [0.717, 1.165) is 24.4 Å². The third-order valence-corrected chi connectivity index (χ3v) is 2.65. The number of nitrogens with zero attached hydrogens (tertiary/aromatic N) is 1. The number of hydrogen-bond acceptors (Lipinski definition) is 4. The molecule has 0 aliphatic carbocycles. The summed E-state index contributed by atoms with van der Waals surface area (Å²) in [5, 5.41) is 9.66. The molecule has 16 heavy (non-hydrogen) atoms. The van der Waals surface area contributed by atoms with Crippen LogP contribution >= 0.6 is 0 Å². The Hall–Kier alpha value is -1.62. The van der Waals surface area contributed by atoms with Crippen LogP contribution in [0.15, 0.2) is 21.7 Å². The Labute approximate surface area is 93.9 Å². The standard InChI is InChI=1S/C11H15N3O2/c1-7-3-10(16-14-7)6-13-11(15)8(2)9-4-12-5-9/h3,12H,4-6H2,1-2H3,(H,13,15). The second-order valence-electron chi connectivity index (χ2n) is 3.95. The Balaban J connectivity index is 1.88. The van der Waals surface area contributed by atoms with Gasteiger partial charge in [0.25, 0.3) is 0 Å². The maximum absolute atomic E-state index is 11.7. The largest absolute Gasteiger partial charge is 0.359 e. The quantitative estimate of drug-likeness (QED) is 0.730. The van der Waals surface area contributed by atoms with Gasteiger partial charge in [-0.15, -0.1) is 0 Å². The minimum atomic E-state index is -0.0365. The second kappa shape index (κ2) is 4.49. The molecule has 2 heterocycles. The molecule has 0 unspecified atom stereocenters. The third kappa shape index (κ3) is 2.30. The molecule has 5 nitrogen and oxygen atoms in total. The van der Waals surface area contributed by atoms with Crippen LogP contribution < -0.4 is 10.6 Å². The summed E-state index contributed by atoms with van der Waals surface area (Å²) in [5.41, 5.74) is 2.80. The Kier molecular flexibility index (Phi) is 3.05. The van der Waals surface area contributed by atoms with E-state index in [1.54, 1.807) is 0 Å². The van der Waals surface area contributed by atoms with Crippen LogP contribution in [-0.4, -0.2) is 24.2 Å². The van der Waals surface area contributed by atoms with Crippen molar-refractivity contribution >= 4 is 5.91 Å². The Morgan fingerprint density at radius 3 is 2.88 bits per heavy atom. The van der Waals surface area contributed by atoms with Gasteiger partial charge in [0.05, 0.1) is 12.2 Å². The number of amides is 1. The lowest BCUT2D eigenvalue weighted by Gasteiger charge is -2.21. The average Bonchev–Trinajstić information content (AvgIpc) is 2.58. The van der Waals surface area contributed by atoms with Crippen molar-refractivity contribution < 1.29 is 9.32 Å². The Morgan fingerprint density at radius 2 is 2.38 bits per heavy atom. The van der Waals surface area contributed by atoms with E-state index in [0.29, 0.717) is 12.3 Å². The minimum Gasteiger partial charge on any atom is -0.359 e. The molecule has 0 radical (unpaired) electrons. The van der Waals surface area contributed by atoms with E-state index in [1.807, 2.05) is 19.9 Å². The predicted octanol–water partition coefficient (Wildman–Crippen LogP) is 0.519. The normalized spacial score (nSPS) is 14.5. The predicted molar refractivity (Wildman–Crippen MR) is 58.7 cm³/mol. The van der Waals surface area contributed by atoms with Crippen LogP contribution in [0.3, 0.4) is 0 Å². The highest BCUT2D eigenvalue weighted by Crippen LogP contribution is 2.09. The second-order valence-corrected chi connectivity index (χ2v) is 3.95. The highest BCUT2D eigenvalue weighted by molar-refractivity contribution is 5.93. The number of carbonyl (C=O) groups excluding carboxylic acids is 1. The summed E-state index contributed by atoms with van der Waals surface area (Å²) in [6, 6.07) is 1.81. The maximum atomic E-state index is 11.7. The number of nitrogens with one attached hydrogen (secondary N) is 2. The van der Waals surface area contributed by atoms with E-state index in [1.165, 1.54) is 5.57 Å². The SMILES string of the molecule is CC(C(=O)NCc1cc(C)no1)=C1CNC1. The summed E-state index contributed by atoms with van der Waals surface area (Å²) in [6.07, 6.45) is 0. The molecule has 1 fully saturated rings. The zero-order valence-corrected chi connectivity index (χ0v) is 9.46. The van der Waals surface area contributed by atoms with E-state index in [9.17, 15) is 4.79 Å². The van der Waals surface area contributed by atoms with Gasteiger partial charge in [-0.2, -0.15) is 0 Å². The molecule has 1 aromatic heterocycles. The lowest BCUT2D eigenvalue weighted by Crippen LogP contribution is -2.37. The van der Waals surface area contributed by atoms with Crippen LogP contribution in [0.2, 0.25) is 0 Å². The fourth-order valence-electron chi connectivity index (χ4n) is 1.48. The summed E-state index contributed by atoms with van der Waals surface area (Å²) in [5.74, 6) is 0.640. The first-order chi connectivity index (χ1) is 7.66. The van der Waals surface area contributed by atoms with E-state index in [-0.39, 0.29) is 5.91 Å². The van der Waals surface area contributed by atoms with Crippen molar-refractivity contribution in [3.63, 3.8) is 0 Å². The summed E-state index contributed by atoms with van der Waals surface area (Å²) >= 11 is 0. The van der Waals surface area contributed by atoms with Crippen molar-refractivity contribution in [3.05, 3.63) is 28.7 Å². The molecular weight excluding hydrogens is 206 g/mol. The van der Waals surface area contributed by atoms with E-state index < -0.39 is 0 Å². The van der Waals surface area contributed by atoms with Gasteiger partial charge in [-0.3, -0.25) is 4.79 Å². The van der Waals surface area contributed by atoms with Crippen LogP contribution in [0.25, 0.3) is 0 Å². The summed E-state index contributed by atoms with van der Waals surface area (Å²) < 4.78 is 5.00. The number of rotatable bonds is 3. The number of carbonyl (C=O) groups is 1. The highest BCUT2D eigenvalue weighted by atomic mass is 16.5. The lowest BCUT2D eigenvalue weighted by atomic mass is 10.0. The summed E-state index contributed by atoms with van der Waals surface area (Å²) in [4.78, 5) is 11.7. The van der Waals surface area contributed by atoms with Crippen LogP contribution in [0.4, 0.5) is 0 Å². The topological polar surface area (TPSA) is 67.2 Å². The van der Waals surface area contributed by atoms with Crippen LogP contribution in [0.5, 0.6) is 0 Å². The molecule has 1 aliphatic rings. The zero-order valence-electron chi connectivity index (χ0n) is 9.46. The van der Waals surface area contributed by atoms with Gasteiger partial charge in [0.1, 0.15) is 0 Å². The molecule has 0 saturated carbocycles. The highest BCUT2D eigenvalue weighted by Gasteiger charge is 2.15. The minimum absolute atomic E-state index is 0.0365. The van der Waals surface area contributed by atoms with Crippen molar-refractivity contribution in [1.29, 1.82) is 0 Å². The molecule has 86 valence electrons. The first-order valence-corrected chi connectivity index (χ1v) is 5.26. The van der Waals surface area contributed by atoms with Crippen molar-refractivity contribution in [1.82, 2.24) is 15.8 Å². The molecule has 0 bridgehead atoms. The van der Waals surface area contributed by atoms with Gasteiger partial charge in [0.15, 0.2) is 5.76 Å². The van der Waals surface area contributed by atoms with Gasteiger partial charge in [0.2, 0.25) is 5.91 Å². The number of aryl methyl sites for hydroxylation is 1. The maximum Gasteiger partial charge on any atom is 0.247 e. The average molecular weight is 221 g/mol. The van der Waals surface area contributed by atoms with Crippen LogP contribution in [0, 0.1) is 6.92 Å². The molecule has 2 N–H and O–H groups in total. The smallest absolute Gasteiger partial charge is 0.247 e. The van der Waals surface area contributed by atoms with Crippen molar-refractivity contribution in [3.8, 4) is 0 Å². The van der Waals surface area contributed by atoms with Crippen molar-refractivity contribution in [2.24, 2.45) is 0 Å². The first kappa shape index (κ1) is 10.9. The molecule has 2 rings (SSSR count).